The third-order valence-electron chi connectivity index (χ3n) is 2.50. The number of nitrogens with zero attached hydrogens (tertiary/aromatic N) is 2. The number of aldehydes is 1. The van der Waals surface area contributed by atoms with Gasteiger partial charge in [0.2, 0.25) is 5.75 Å². The summed E-state index contributed by atoms with van der Waals surface area (Å²) in [6, 6.07) is 1.53. The molecule has 2 N–H and O–H groups in total. The van der Waals surface area contributed by atoms with Crippen LogP contribution < -0.4 is 5.56 Å². The Hall–Kier alpha value is -2.48. The SMILES string of the molecule is Cn1c(-c2sccc2C=O)nc(C(=O)O)c(O)c1=O. The highest BCUT2D eigenvalue weighted by Gasteiger charge is 2.21. The van der Waals surface area contributed by atoms with Crippen molar-refractivity contribution < 1.29 is 19.8 Å². The molecule has 0 aliphatic heterocycles. The van der Waals surface area contributed by atoms with Gasteiger partial charge in [0, 0.05) is 12.6 Å². The maximum Gasteiger partial charge on any atom is 0.358 e. The minimum Gasteiger partial charge on any atom is -0.501 e. The van der Waals surface area contributed by atoms with Gasteiger partial charge in [-0.05, 0) is 11.4 Å². The van der Waals surface area contributed by atoms with Crippen molar-refractivity contribution in [1.82, 2.24) is 9.55 Å². The molecule has 0 saturated carbocycles. The number of thiophene rings is 1. The van der Waals surface area contributed by atoms with Crippen LogP contribution >= 0.6 is 11.3 Å². The predicted octanol–water partition coefficient (Wildman–Crippen LogP) is 0.725. The molecule has 0 bridgehead atoms. The lowest BCUT2D eigenvalue weighted by atomic mass is 10.2. The molecular formula is C11H8N2O5S. The summed E-state index contributed by atoms with van der Waals surface area (Å²) in [6.45, 7) is 0. The van der Waals surface area contributed by atoms with Gasteiger partial charge in [-0.2, -0.15) is 0 Å². The van der Waals surface area contributed by atoms with Crippen molar-refractivity contribution in [2.24, 2.45) is 7.05 Å². The monoisotopic (exact) mass is 280 g/mol. The second kappa shape index (κ2) is 4.65. The topological polar surface area (TPSA) is 109 Å². The lowest BCUT2D eigenvalue weighted by molar-refractivity contribution is 0.0686. The Bertz CT molecular complexity index is 731. The van der Waals surface area contributed by atoms with Crippen LogP contribution in [0.5, 0.6) is 5.75 Å². The third kappa shape index (κ3) is 2.02. The average Bonchev–Trinajstić information content (AvgIpc) is 2.84. The Morgan fingerprint density at radius 3 is 2.79 bits per heavy atom. The fourth-order valence-electron chi connectivity index (χ4n) is 1.54. The summed E-state index contributed by atoms with van der Waals surface area (Å²) < 4.78 is 1.00. The van der Waals surface area contributed by atoms with E-state index >= 15 is 0 Å². The normalized spacial score (nSPS) is 10.4. The predicted molar refractivity (Wildman–Crippen MR) is 66.8 cm³/mol. The molecule has 19 heavy (non-hydrogen) atoms. The molecule has 2 aromatic heterocycles. The van der Waals surface area contributed by atoms with E-state index in [1.54, 1.807) is 5.38 Å². The molecule has 0 radical (unpaired) electrons. The Morgan fingerprint density at radius 1 is 1.53 bits per heavy atom. The highest BCUT2D eigenvalue weighted by molar-refractivity contribution is 7.13. The van der Waals surface area contributed by atoms with Crippen LogP contribution in [0.25, 0.3) is 10.7 Å². The van der Waals surface area contributed by atoms with E-state index in [1.165, 1.54) is 13.1 Å². The molecule has 0 unspecified atom stereocenters. The molecule has 0 saturated heterocycles. The molecule has 0 aliphatic rings. The molecule has 98 valence electrons. The number of hydrogen-bond acceptors (Lipinski definition) is 6. The molecule has 2 rings (SSSR count). The number of carboxylic acid groups (broad SMARTS) is 1. The van der Waals surface area contributed by atoms with E-state index in [-0.39, 0.29) is 5.82 Å². The maximum absolute atomic E-state index is 11.7. The summed E-state index contributed by atoms with van der Waals surface area (Å²) in [7, 11) is 1.34. The first-order valence-electron chi connectivity index (χ1n) is 5.03. The van der Waals surface area contributed by atoms with Crippen LogP contribution in [0.4, 0.5) is 0 Å². The number of aromatic nitrogens is 2. The molecule has 0 spiro atoms. The molecule has 0 fully saturated rings. The highest BCUT2D eigenvalue weighted by atomic mass is 32.1. The van der Waals surface area contributed by atoms with E-state index in [9.17, 15) is 19.5 Å². The average molecular weight is 280 g/mol. The minimum atomic E-state index is -1.51. The van der Waals surface area contributed by atoms with Crippen molar-refractivity contribution in [2.75, 3.05) is 0 Å². The minimum absolute atomic E-state index is 0.0253. The van der Waals surface area contributed by atoms with Gasteiger partial charge in [0.25, 0.3) is 5.56 Å². The fraction of sp³-hybridized carbons (Fsp3) is 0.0909. The van der Waals surface area contributed by atoms with Crippen molar-refractivity contribution in [3.8, 4) is 16.5 Å². The molecule has 2 heterocycles. The largest absolute Gasteiger partial charge is 0.501 e. The molecule has 7 nitrogen and oxygen atoms in total. The van der Waals surface area contributed by atoms with Crippen LogP contribution in [-0.4, -0.2) is 32.0 Å². The summed E-state index contributed by atoms with van der Waals surface area (Å²) in [5.74, 6) is -2.42. The van der Waals surface area contributed by atoms with Gasteiger partial charge in [-0.1, -0.05) is 0 Å². The van der Waals surface area contributed by atoms with Gasteiger partial charge in [-0.3, -0.25) is 14.2 Å². The van der Waals surface area contributed by atoms with Gasteiger partial charge in [0.15, 0.2) is 17.8 Å². The van der Waals surface area contributed by atoms with Crippen LogP contribution in [-0.2, 0) is 7.05 Å². The smallest absolute Gasteiger partial charge is 0.358 e. The Morgan fingerprint density at radius 2 is 2.21 bits per heavy atom. The number of rotatable bonds is 3. The molecule has 0 aliphatic carbocycles. The summed E-state index contributed by atoms with van der Waals surface area (Å²) in [4.78, 5) is 37.7. The number of hydrogen-bond donors (Lipinski definition) is 2. The van der Waals surface area contributed by atoms with Crippen molar-refractivity contribution in [3.63, 3.8) is 0 Å². The zero-order chi connectivity index (χ0) is 14.2. The van der Waals surface area contributed by atoms with Crippen molar-refractivity contribution in [1.29, 1.82) is 0 Å². The molecule has 0 atom stereocenters. The van der Waals surface area contributed by atoms with E-state index in [0.717, 1.165) is 15.9 Å². The van der Waals surface area contributed by atoms with Crippen LogP contribution in [0.1, 0.15) is 20.8 Å². The van der Waals surface area contributed by atoms with Crippen LogP contribution in [0, 0.1) is 0 Å². The Kier molecular flexibility index (Phi) is 3.17. The van der Waals surface area contributed by atoms with Gasteiger partial charge in [0.05, 0.1) is 4.88 Å². The Labute approximate surface area is 110 Å². The number of carbonyl (C=O) groups is 2. The van der Waals surface area contributed by atoms with Gasteiger partial charge >= 0.3 is 5.97 Å². The van der Waals surface area contributed by atoms with Crippen LogP contribution in [0.3, 0.4) is 0 Å². The summed E-state index contributed by atoms with van der Waals surface area (Å²) >= 11 is 1.15. The second-order valence-corrected chi connectivity index (χ2v) is 4.54. The van der Waals surface area contributed by atoms with E-state index in [2.05, 4.69) is 4.98 Å². The highest BCUT2D eigenvalue weighted by Crippen LogP contribution is 2.27. The molecule has 8 heteroatoms. The molecule has 0 aromatic carbocycles. The first kappa shape index (κ1) is 13.0. The first-order valence-corrected chi connectivity index (χ1v) is 5.91. The van der Waals surface area contributed by atoms with E-state index in [4.69, 9.17) is 5.11 Å². The lowest BCUT2D eigenvalue weighted by Gasteiger charge is -2.08. The molecular weight excluding hydrogens is 272 g/mol. The van der Waals surface area contributed by atoms with E-state index < -0.39 is 23.0 Å². The van der Waals surface area contributed by atoms with Gasteiger partial charge in [-0.25, -0.2) is 9.78 Å². The molecule has 2 aromatic rings. The van der Waals surface area contributed by atoms with Gasteiger partial charge < -0.3 is 10.2 Å². The summed E-state index contributed by atoms with van der Waals surface area (Å²) in [5, 5.41) is 20.0. The Balaban J connectivity index is 2.82. The van der Waals surface area contributed by atoms with Crippen molar-refractivity contribution in [3.05, 3.63) is 33.1 Å². The van der Waals surface area contributed by atoms with Crippen LogP contribution in [0.15, 0.2) is 16.2 Å². The maximum atomic E-state index is 11.7. The second-order valence-electron chi connectivity index (χ2n) is 3.62. The number of aromatic hydroxyl groups is 1. The fourth-order valence-corrected chi connectivity index (χ4v) is 2.43. The third-order valence-corrected chi connectivity index (χ3v) is 3.42. The van der Waals surface area contributed by atoms with Crippen molar-refractivity contribution >= 4 is 23.6 Å². The van der Waals surface area contributed by atoms with Gasteiger partial charge in [0.1, 0.15) is 0 Å². The van der Waals surface area contributed by atoms with Gasteiger partial charge in [-0.15, -0.1) is 11.3 Å². The zero-order valence-electron chi connectivity index (χ0n) is 9.65. The quantitative estimate of drug-likeness (QED) is 0.802. The van der Waals surface area contributed by atoms with Crippen molar-refractivity contribution in [2.45, 2.75) is 0 Å². The molecule has 0 amide bonds. The van der Waals surface area contributed by atoms with E-state index in [0.29, 0.717) is 16.7 Å². The summed E-state index contributed by atoms with van der Waals surface area (Å²) in [5.41, 5.74) is -1.31. The number of carbonyl (C=O) groups excluding carboxylic acids is 1. The van der Waals surface area contributed by atoms with Crippen LogP contribution in [0.2, 0.25) is 0 Å². The number of aromatic carboxylic acids is 1. The zero-order valence-corrected chi connectivity index (χ0v) is 10.5. The lowest BCUT2D eigenvalue weighted by Crippen LogP contribution is -2.23. The van der Waals surface area contributed by atoms with E-state index in [1.807, 2.05) is 0 Å². The first-order chi connectivity index (χ1) is 8.97. The standard InChI is InChI=1S/C11H8N2O5S/c1-13-9(8-5(4-14)2-3-19-8)12-6(11(17)18)7(15)10(13)16/h2-4,15H,1H3,(H,17,18). The summed E-state index contributed by atoms with van der Waals surface area (Å²) in [6.07, 6.45) is 0.589. The number of carboxylic acids is 1.